The molecule has 0 saturated carbocycles. The van der Waals surface area contributed by atoms with Crippen LogP contribution in [0.4, 0.5) is 5.69 Å². The molecule has 0 fully saturated rings. The number of benzene rings is 1. The van der Waals surface area contributed by atoms with Crippen molar-refractivity contribution in [2.45, 2.75) is 4.90 Å². The molecule has 0 spiro atoms. The molecule has 1 aromatic rings. The minimum absolute atomic E-state index is 0.113. The first-order chi connectivity index (χ1) is 5.97. The smallest absolute Gasteiger partial charge is 0.240 e. The van der Waals surface area contributed by atoms with E-state index in [0.29, 0.717) is 5.69 Å². The molecule has 0 unspecified atom stereocenters. The quantitative estimate of drug-likeness (QED) is 0.469. The van der Waals surface area contributed by atoms with Crippen molar-refractivity contribution >= 4 is 29.0 Å². The average molecular weight is 196 g/mol. The van der Waals surface area contributed by atoms with Crippen molar-refractivity contribution in [3.63, 3.8) is 0 Å². The van der Waals surface area contributed by atoms with Gasteiger partial charge in [0.1, 0.15) is 7.85 Å². The van der Waals surface area contributed by atoms with Crippen LogP contribution in [0.25, 0.3) is 0 Å². The van der Waals surface area contributed by atoms with Gasteiger partial charge in [-0.3, -0.25) is 0 Å². The van der Waals surface area contributed by atoms with Crippen LogP contribution in [0.3, 0.4) is 0 Å². The Kier molecular flexibility index (Phi) is 2.63. The van der Waals surface area contributed by atoms with E-state index in [1.807, 2.05) is 0 Å². The molecule has 0 aliphatic carbocycles. The number of anilines is 1. The Labute approximate surface area is 78.6 Å². The van der Waals surface area contributed by atoms with Crippen LogP contribution in [-0.2, 0) is 10.0 Å². The van der Waals surface area contributed by atoms with E-state index in [0.717, 1.165) is 0 Å². The number of nitrogens with one attached hydrogen (secondary N) is 1. The highest BCUT2D eigenvalue weighted by Crippen LogP contribution is 2.08. The Morgan fingerprint density at radius 1 is 1.46 bits per heavy atom. The molecule has 0 saturated heterocycles. The summed E-state index contributed by atoms with van der Waals surface area (Å²) in [7, 11) is 3.37. The normalized spacial score (nSPS) is 11.5. The number of hydrogen-bond donors (Lipinski definition) is 2. The number of nitrogens with two attached hydrogens (primary N) is 1. The van der Waals surface area contributed by atoms with Gasteiger partial charge in [-0.05, 0) is 25.2 Å². The zero-order valence-electron chi connectivity index (χ0n) is 7.11. The van der Waals surface area contributed by atoms with Crippen LogP contribution in [0.1, 0.15) is 0 Å². The largest absolute Gasteiger partial charge is 0.399 e. The van der Waals surface area contributed by atoms with Gasteiger partial charge in [-0.1, -0.05) is 5.46 Å². The molecule has 0 aliphatic rings. The Balaban J connectivity index is 3.27. The van der Waals surface area contributed by atoms with Gasteiger partial charge in [0, 0.05) is 5.69 Å². The fraction of sp³-hybridized carbons (Fsp3) is 0.143. The first kappa shape index (κ1) is 10.1. The van der Waals surface area contributed by atoms with Gasteiger partial charge >= 0.3 is 0 Å². The van der Waals surface area contributed by atoms with Crippen LogP contribution in [0.15, 0.2) is 23.1 Å². The fourth-order valence-corrected chi connectivity index (χ4v) is 1.60. The Morgan fingerprint density at radius 2 is 2.08 bits per heavy atom. The summed E-state index contributed by atoms with van der Waals surface area (Å²) < 4.78 is 24.7. The van der Waals surface area contributed by atoms with Crippen LogP contribution in [0, 0.1) is 0 Å². The molecule has 68 valence electrons. The summed E-state index contributed by atoms with van der Waals surface area (Å²) in [5, 5.41) is 0. The van der Waals surface area contributed by atoms with E-state index in [1.54, 1.807) is 0 Å². The second kappa shape index (κ2) is 3.39. The molecule has 4 nitrogen and oxygen atoms in total. The van der Waals surface area contributed by atoms with Crippen molar-refractivity contribution in [1.29, 1.82) is 0 Å². The predicted molar refractivity (Wildman–Crippen MR) is 52.5 cm³/mol. The third-order valence-electron chi connectivity index (χ3n) is 1.64. The minimum Gasteiger partial charge on any atom is -0.399 e. The van der Waals surface area contributed by atoms with Crippen LogP contribution in [0.5, 0.6) is 0 Å². The van der Waals surface area contributed by atoms with E-state index in [1.165, 1.54) is 25.2 Å². The van der Waals surface area contributed by atoms with Crippen LogP contribution in [-0.4, -0.2) is 23.3 Å². The maximum Gasteiger partial charge on any atom is 0.240 e. The number of sulfonamides is 1. The molecule has 0 bridgehead atoms. The molecule has 0 heterocycles. The minimum atomic E-state index is -3.42. The molecule has 0 aliphatic heterocycles. The topological polar surface area (TPSA) is 72.2 Å². The molecule has 2 radical (unpaired) electrons. The zero-order valence-corrected chi connectivity index (χ0v) is 7.93. The third-order valence-corrected chi connectivity index (χ3v) is 3.05. The first-order valence-electron chi connectivity index (χ1n) is 3.56. The summed E-state index contributed by atoms with van der Waals surface area (Å²) in [6, 6.07) is 4.18. The summed E-state index contributed by atoms with van der Waals surface area (Å²) in [4.78, 5) is 0.113. The second-order valence-corrected chi connectivity index (χ2v) is 4.38. The summed E-state index contributed by atoms with van der Waals surface area (Å²) in [6.45, 7) is 0. The Morgan fingerprint density at radius 3 is 2.54 bits per heavy atom. The number of hydrogen-bond acceptors (Lipinski definition) is 3. The maximum absolute atomic E-state index is 11.3. The van der Waals surface area contributed by atoms with Gasteiger partial charge in [0.25, 0.3) is 0 Å². The van der Waals surface area contributed by atoms with Crippen molar-refractivity contribution in [3.8, 4) is 0 Å². The van der Waals surface area contributed by atoms with Crippen molar-refractivity contribution in [2.24, 2.45) is 0 Å². The molecule has 0 atom stereocenters. The van der Waals surface area contributed by atoms with Gasteiger partial charge in [-0.15, -0.1) is 0 Å². The Bertz CT molecular complexity index is 417. The highest BCUT2D eigenvalue weighted by Gasteiger charge is 2.10. The van der Waals surface area contributed by atoms with Gasteiger partial charge in [0.2, 0.25) is 10.0 Å². The molecule has 0 aromatic heterocycles. The van der Waals surface area contributed by atoms with E-state index in [4.69, 9.17) is 13.6 Å². The number of rotatable bonds is 2. The van der Waals surface area contributed by atoms with Crippen molar-refractivity contribution in [2.75, 3.05) is 12.8 Å². The second-order valence-electron chi connectivity index (χ2n) is 2.50. The lowest BCUT2D eigenvalue weighted by Crippen LogP contribution is -2.21. The molecule has 6 heteroatoms. The zero-order chi connectivity index (χ0) is 10.1. The third kappa shape index (κ3) is 2.02. The summed E-state index contributed by atoms with van der Waals surface area (Å²) in [5.41, 5.74) is 6.06. The first-order valence-corrected chi connectivity index (χ1v) is 5.04. The van der Waals surface area contributed by atoms with Gasteiger partial charge in [-0.25, -0.2) is 13.1 Å². The van der Waals surface area contributed by atoms with Crippen molar-refractivity contribution < 1.29 is 8.42 Å². The number of nitrogen functional groups attached to an aromatic ring is 1. The van der Waals surface area contributed by atoms with Crippen molar-refractivity contribution in [1.82, 2.24) is 4.72 Å². The van der Waals surface area contributed by atoms with Gasteiger partial charge in [0.05, 0.1) is 4.90 Å². The molecule has 3 N–H and O–H groups in total. The van der Waals surface area contributed by atoms with Crippen LogP contribution < -0.4 is 15.9 Å². The van der Waals surface area contributed by atoms with Gasteiger partial charge in [0.15, 0.2) is 0 Å². The lowest BCUT2D eigenvalue weighted by Gasteiger charge is -2.05. The summed E-state index contributed by atoms with van der Waals surface area (Å²) in [6.07, 6.45) is 0. The SMILES string of the molecule is [B]c1cc(S(=O)(=O)NC)ccc1N. The van der Waals surface area contributed by atoms with E-state index in [9.17, 15) is 8.42 Å². The molecule has 1 aromatic carbocycles. The molecular weight excluding hydrogens is 187 g/mol. The molecule has 13 heavy (non-hydrogen) atoms. The molecule has 1 rings (SSSR count). The van der Waals surface area contributed by atoms with Crippen LogP contribution >= 0.6 is 0 Å². The summed E-state index contributed by atoms with van der Waals surface area (Å²) >= 11 is 0. The standard InChI is InChI=1S/C7H9BN2O2S/c1-10-13(11,12)5-2-3-7(9)6(8)4-5/h2-4,10H,9H2,1H3. The summed E-state index contributed by atoms with van der Waals surface area (Å²) in [5.74, 6) is 0. The lowest BCUT2D eigenvalue weighted by molar-refractivity contribution is 0.588. The Hall–Kier alpha value is -1.01. The van der Waals surface area contributed by atoms with Gasteiger partial charge < -0.3 is 5.73 Å². The monoisotopic (exact) mass is 196 g/mol. The van der Waals surface area contributed by atoms with E-state index in [-0.39, 0.29) is 10.4 Å². The van der Waals surface area contributed by atoms with E-state index in [2.05, 4.69) is 4.72 Å². The highest BCUT2D eigenvalue weighted by molar-refractivity contribution is 7.89. The van der Waals surface area contributed by atoms with E-state index < -0.39 is 10.0 Å². The van der Waals surface area contributed by atoms with Gasteiger partial charge in [-0.2, -0.15) is 0 Å². The predicted octanol–water partition coefficient (Wildman–Crippen LogP) is -1.03. The van der Waals surface area contributed by atoms with Crippen LogP contribution in [0.2, 0.25) is 0 Å². The lowest BCUT2D eigenvalue weighted by atomic mass is 9.95. The van der Waals surface area contributed by atoms with Crippen molar-refractivity contribution in [3.05, 3.63) is 18.2 Å². The molecular formula is C7H9BN2O2S. The average Bonchev–Trinajstić information content (AvgIpc) is 2.09. The molecule has 0 amide bonds. The fourth-order valence-electron chi connectivity index (χ4n) is 0.838. The highest BCUT2D eigenvalue weighted by atomic mass is 32.2. The van der Waals surface area contributed by atoms with E-state index >= 15 is 0 Å². The maximum atomic E-state index is 11.3.